The minimum atomic E-state index is 0.438. The summed E-state index contributed by atoms with van der Waals surface area (Å²) >= 11 is 0. The monoisotopic (exact) mass is 251 g/mol. The topological polar surface area (TPSA) is 37.4 Å². The number of aromatic nitrogens is 1. The van der Waals surface area contributed by atoms with E-state index in [-0.39, 0.29) is 0 Å². The van der Waals surface area contributed by atoms with Gasteiger partial charge in [-0.05, 0) is 34.9 Å². The van der Waals surface area contributed by atoms with Gasteiger partial charge < -0.3 is 15.0 Å². The van der Waals surface area contributed by atoms with E-state index >= 15 is 0 Å². The van der Waals surface area contributed by atoms with Crippen LogP contribution in [0.5, 0.6) is 5.75 Å². The number of methoxy groups -OCH3 is 1. The number of rotatable bonds is 6. The maximum Gasteiger partial charge on any atom is 0.128 e. The summed E-state index contributed by atoms with van der Waals surface area (Å²) in [6.45, 7) is 8.05. The Bertz CT molecular complexity index is 391. The fourth-order valence-corrected chi connectivity index (χ4v) is 2.13. The van der Waals surface area contributed by atoms with Crippen LogP contribution < -0.4 is 10.1 Å². The van der Waals surface area contributed by atoms with E-state index in [1.54, 1.807) is 7.11 Å². The molecule has 0 aromatic carbocycles. The molecule has 1 aromatic heterocycles. The first kappa shape index (κ1) is 14.9. The van der Waals surface area contributed by atoms with Gasteiger partial charge in [-0.25, -0.2) is 0 Å². The van der Waals surface area contributed by atoms with Crippen LogP contribution in [0.4, 0.5) is 0 Å². The minimum absolute atomic E-state index is 0.438. The van der Waals surface area contributed by atoms with E-state index in [0.717, 1.165) is 35.7 Å². The van der Waals surface area contributed by atoms with Crippen molar-refractivity contribution in [2.75, 3.05) is 27.7 Å². The van der Waals surface area contributed by atoms with Crippen molar-refractivity contribution >= 4 is 0 Å². The lowest BCUT2D eigenvalue weighted by Crippen LogP contribution is -2.35. The molecule has 102 valence electrons. The fourth-order valence-electron chi connectivity index (χ4n) is 2.13. The van der Waals surface area contributed by atoms with Gasteiger partial charge in [0, 0.05) is 36.5 Å². The van der Waals surface area contributed by atoms with Gasteiger partial charge in [0.05, 0.1) is 12.8 Å². The van der Waals surface area contributed by atoms with Crippen molar-refractivity contribution in [3.8, 4) is 5.75 Å². The second-order valence-electron chi connectivity index (χ2n) is 5.09. The van der Waals surface area contributed by atoms with Gasteiger partial charge in [0.15, 0.2) is 0 Å². The summed E-state index contributed by atoms with van der Waals surface area (Å²) in [7, 11) is 5.87. The molecule has 4 heteroatoms. The molecular formula is C14H25N3O. The second-order valence-corrected chi connectivity index (χ2v) is 5.09. The molecule has 1 unspecified atom stereocenters. The summed E-state index contributed by atoms with van der Waals surface area (Å²) in [6, 6.07) is 0.438. The highest BCUT2D eigenvalue weighted by Gasteiger charge is 2.10. The van der Waals surface area contributed by atoms with Gasteiger partial charge in [0.2, 0.25) is 0 Å². The van der Waals surface area contributed by atoms with E-state index in [0.29, 0.717) is 6.04 Å². The summed E-state index contributed by atoms with van der Waals surface area (Å²) in [6.07, 6.45) is 1.87. The quantitative estimate of drug-likeness (QED) is 0.836. The van der Waals surface area contributed by atoms with E-state index in [2.05, 4.69) is 43.1 Å². The number of hydrogen-bond donors (Lipinski definition) is 1. The zero-order valence-electron chi connectivity index (χ0n) is 12.4. The molecule has 0 aliphatic carbocycles. The van der Waals surface area contributed by atoms with Gasteiger partial charge in [-0.2, -0.15) is 0 Å². The molecule has 18 heavy (non-hydrogen) atoms. The summed E-state index contributed by atoms with van der Waals surface area (Å²) in [5, 5.41) is 3.48. The Morgan fingerprint density at radius 2 is 2.06 bits per heavy atom. The first-order valence-electron chi connectivity index (χ1n) is 6.32. The molecule has 0 fully saturated rings. The third kappa shape index (κ3) is 3.96. The Kier molecular flexibility index (Phi) is 5.56. The van der Waals surface area contributed by atoms with Crippen molar-refractivity contribution in [1.29, 1.82) is 0 Å². The Hall–Kier alpha value is -1.13. The van der Waals surface area contributed by atoms with Gasteiger partial charge in [-0.15, -0.1) is 0 Å². The number of likely N-dealkylation sites (N-methyl/N-ethyl adjacent to an activating group) is 1. The Balaban J connectivity index is 2.68. The number of nitrogens with zero attached hydrogens (tertiary/aromatic N) is 2. The average molecular weight is 251 g/mol. The van der Waals surface area contributed by atoms with Crippen molar-refractivity contribution in [3.05, 3.63) is 23.0 Å². The van der Waals surface area contributed by atoms with Crippen LogP contribution in [0.15, 0.2) is 6.20 Å². The Labute approximate surface area is 110 Å². The third-order valence-electron chi connectivity index (χ3n) is 3.01. The highest BCUT2D eigenvalue weighted by atomic mass is 16.5. The zero-order valence-corrected chi connectivity index (χ0v) is 12.4. The first-order chi connectivity index (χ1) is 8.45. The van der Waals surface area contributed by atoms with Crippen LogP contribution in [0.3, 0.4) is 0 Å². The number of pyridine rings is 1. The summed E-state index contributed by atoms with van der Waals surface area (Å²) in [4.78, 5) is 6.66. The largest absolute Gasteiger partial charge is 0.496 e. The molecule has 0 amide bonds. The van der Waals surface area contributed by atoms with Crippen LogP contribution in [-0.4, -0.2) is 43.7 Å². The van der Waals surface area contributed by atoms with Gasteiger partial charge in [0.25, 0.3) is 0 Å². The summed E-state index contributed by atoms with van der Waals surface area (Å²) in [5.41, 5.74) is 3.27. The number of nitrogens with one attached hydrogen (secondary N) is 1. The maximum atomic E-state index is 5.41. The van der Waals surface area contributed by atoms with Crippen LogP contribution in [0, 0.1) is 13.8 Å². The van der Waals surface area contributed by atoms with Gasteiger partial charge in [-0.3, -0.25) is 4.98 Å². The van der Waals surface area contributed by atoms with Crippen LogP contribution >= 0.6 is 0 Å². The molecule has 1 atom stereocenters. The molecule has 1 heterocycles. The predicted molar refractivity (Wildman–Crippen MR) is 75.1 cm³/mol. The SMILES string of the molecule is COc1c(C)cnc(CNC(C)CN(C)C)c1C. The third-order valence-corrected chi connectivity index (χ3v) is 3.01. The number of hydrogen-bond acceptors (Lipinski definition) is 4. The molecule has 0 aliphatic rings. The number of aryl methyl sites for hydroxylation is 1. The molecule has 0 radical (unpaired) electrons. The summed E-state index contributed by atoms with van der Waals surface area (Å²) in [5.74, 6) is 0.946. The predicted octanol–water partition coefficient (Wildman–Crippen LogP) is 1.75. The van der Waals surface area contributed by atoms with E-state index < -0.39 is 0 Å². The smallest absolute Gasteiger partial charge is 0.128 e. The average Bonchev–Trinajstić information content (AvgIpc) is 2.27. The molecular weight excluding hydrogens is 226 g/mol. The minimum Gasteiger partial charge on any atom is -0.496 e. The molecule has 0 saturated heterocycles. The van der Waals surface area contributed by atoms with Crippen molar-refractivity contribution in [2.24, 2.45) is 0 Å². The van der Waals surface area contributed by atoms with Crippen molar-refractivity contribution < 1.29 is 4.74 Å². The lowest BCUT2D eigenvalue weighted by atomic mass is 10.1. The van der Waals surface area contributed by atoms with Gasteiger partial charge in [-0.1, -0.05) is 0 Å². The molecule has 1 N–H and O–H groups in total. The second kappa shape index (κ2) is 6.71. The van der Waals surface area contributed by atoms with Crippen molar-refractivity contribution in [2.45, 2.75) is 33.4 Å². The van der Waals surface area contributed by atoms with Crippen LogP contribution in [0.25, 0.3) is 0 Å². The molecule has 1 rings (SSSR count). The van der Waals surface area contributed by atoms with Gasteiger partial charge in [0.1, 0.15) is 5.75 Å². The highest BCUT2D eigenvalue weighted by molar-refractivity contribution is 5.40. The molecule has 1 aromatic rings. The zero-order chi connectivity index (χ0) is 13.7. The van der Waals surface area contributed by atoms with Crippen LogP contribution in [0.2, 0.25) is 0 Å². The fraction of sp³-hybridized carbons (Fsp3) is 0.643. The Morgan fingerprint density at radius 1 is 1.39 bits per heavy atom. The molecule has 0 spiro atoms. The van der Waals surface area contributed by atoms with Crippen LogP contribution in [0.1, 0.15) is 23.7 Å². The maximum absolute atomic E-state index is 5.41. The Morgan fingerprint density at radius 3 is 2.61 bits per heavy atom. The molecule has 0 saturated carbocycles. The first-order valence-corrected chi connectivity index (χ1v) is 6.32. The van der Waals surface area contributed by atoms with E-state index in [9.17, 15) is 0 Å². The standard InChI is InChI=1S/C14H25N3O/c1-10-7-16-13(12(3)14(10)18-6)8-15-11(2)9-17(4)5/h7,11,15H,8-9H2,1-6H3. The molecule has 4 nitrogen and oxygen atoms in total. The van der Waals surface area contributed by atoms with Crippen LogP contribution in [-0.2, 0) is 6.54 Å². The van der Waals surface area contributed by atoms with Crippen molar-refractivity contribution in [3.63, 3.8) is 0 Å². The van der Waals surface area contributed by atoms with Crippen molar-refractivity contribution in [1.82, 2.24) is 15.2 Å². The van der Waals surface area contributed by atoms with E-state index in [1.807, 2.05) is 13.1 Å². The van der Waals surface area contributed by atoms with E-state index in [1.165, 1.54) is 0 Å². The van der Waals surface area contributed by atoms with Gasteiger partial charge >= 0.3 is 0 Å². The number of ether oxygens (including phenoxy) is 1. The normalized spacial score (nSPS) is 12.8. The lowest BCUT2D eigenvalue weighted by molar-refractivity contribution is 0.347. The molecule has 0 bridgehead atoms. The van der Waals surface area contributed by atoms with E-state index in [4.69, 9.17) is 4.74 Å². The summed E-state index contributed by atoms with van der Waals surface area (Å²) < 4.78 is 5.41. The molecule has 0 aliphatic heterocycles. The highest BCUT2D eigenvalue weighted by Crippen LogP contribution is 2.23. The lowest BCUT2D eigenvalue weighted by Gasteiger charge is -2.19.